The largest absolute Gasteiger partial charge is 0.497 e. The van der Waals surface area contributed by atoms with Gasteiger partial charge in [0.1, 0.15) is 5.75 Å². The van der Waals surface area contributed by atoms with Gasteiger partial charge in [0.15, 0.2) is 0 Å². The van der Waals surface area contributed by atoms with Crippen molar-refractivity contribution in [1.29, 1.82) is 0 Å². The summed E-state index contributed by atoms with van der Waals surface area (Å²) in [6.45, 7) is 5.03. The van der Waals surface area contributed by atoms with Crippen molar-refractivity contribution in [2.24, 2.45) is 0 Å². The van der Waals surface area contributed by atoms with E-state index in [9.17, 15) is 5.11 Å². The molecule has 1 atom stereocenters. The number of aliphatic hydroxyl groups excluding tert-OH is 1. The Bertz CT molecular complexity index is 1210. The van der Waals surface area contributed by atoms with Crippen molar-refractivity contribution >= 4 is 59.4 Å². The predicted molar refractivity (Wildman–Crippen MR) is 142 cm³/mol. The maximum Gasteiger partial charge on any atom is 0.119 e. The molecule has 5 nitrogen and oxygen atoms in total. The van der Waals surface area contributed by atoms with Crippen LogP contribution in [0.4, 0.5) is 5.69 Å². The van der Waals surface area contributed by atoms with Gasteiger partial charge < -0.3 is 19.3 Å². The molecule has 1 aliphatic heterocycles. The monoisotopic (exact) mass is 571 g/mol. The molecule has 0 unspecified atom stereocenters. The van der Waals surface area contributed by atoms with Gasteiger partial charge >= 0.3 is 0 Å². The van der Waals surface area contributed by atoms with Gasteiger partial charge in [-0.3, -0.25) is 4.90 Å². The molecule has 0 amide bonds. The van der Waals surface area contributed by atoms with Crippen molar-refractivity contribution in [3.05, 3.63) is 69.6 Å². The molecule has 0 bridgehead atoms. The third-order valence-electron chi connectivity index (χ3n) is 6.46. The number of methoxy groups -OCH3 is 1. The summed E-state index contributed by atoms with van der Waals surface area (Å²) in [5.41, 5.74) is 3.52. The lowest BCUT2D eigenvalue weighted by molar-refractivity contribution is 0.0969. The zero-order chi connectivity index (χ0) is 22.9. The van der Waals surface area contributed by atoms with Gasteiger partial charge in [-0.2, -0.15) is 0 Å². The van der Waals surface area contributed by atoms with Crippen LogP contribution in [0, 0.1) is 0 Å². The average Bonchev–Trinajstić information content (AvgIpc) is 3.11. The summed E-state index contributed by atoms with van der Waals surface area (Å²) in [6.07, 6.45) is -0.441. The van der Waals surface area contributed by atoms with Crippen LogP contribution >= 0.6 is 31.9 Å². The van der Waals surface area contributed by atoms with Crippen LogP contribution in [0.5, 0.6) is 5.75 Å². The summed E-state index contributed by atoms with van der Waals surface area (Å²) in [7, 11) is 1.69. The Labute approximate surface area is 210 Å². The Hall–Kier alpha value is -2.06. The molecule has 2 heterocycles. The number of aliphatic hydroxyl groups is 1. The molecule has 5 rings (SSSR count). The molecule has 1 aliphatic rings. The van der Waals surface area contributed by atoms with E-state index in [1.807, 2.05) is 12.1 Å². The Kier molecular flexibility index (Phi) is 6.65. The lowest BCUT2D eigenvalue weighted by Crippen LogP contribution is -2.49. The van der Waals surface area contributed by atoms with Gasteiger partial charge in [-0.25, -0.2) is 0 Å². The van der Waals surface area contributed by atoms with Gasteiger partial charge in [-0.05, 0) is 60.7 Å². The smallest absolute Gasteiger partial charge is 0.119 e. The molecule has 0 aliphatic carbocycles. The second-order valence-corrected chi connectivity index (χ2v) is 10.4. The molecule has 0 spiro atoms. The Morgan fingerprint density at radius 3 is 1.94 bits per heavy atom. The molecule has 7 heteroatoms. The van der Waals surface area contributed by atoms with Gasteiger partial charge in [0.2, 0.25) is 0 Å². The van der Waals surface area contributed by atoms with E-state index in [0.717, 1.165) is 51.9 Å². The average molecular weight is 573 g/mol. The third kappa shape index (κ3) is 4.78. The van der Waals surface area contributed by atoms with Crippen LogP contribution in [-0.4, -0.2) is 60.5 Å². The minimum absolute atomic E-state index is 0.441. The van der Waals surface area contributed by atoms with E-state index in [4.69, 9.17) is 4.74 Å². The summed E-state index contributed by atoms with van der Waals surface area (Å²) in [6, 6.07) is 21.0. The molecule has 172 valence electrons. The van der Waals surface area contributed by atoms with Crippen LogP contribution in [0.15, 0.2) is 69.6 Å². The van der Waals surface area contributed by atoms with Gasteiger partial charge in [-0.15, -0.1) is 0 Å². The number of rotatable bonds is 6. The van der Waals surface area contributed by atoms with Crippen LogP contribution in [0.25, 0.3) is 21.8 Å². The van der Waals surface area contributed by atoms with Crippen LogP contribution in [-0.2, 0) is 6.54 Å². The normalized spacial score (nSPS) is 15.9. The number of benzene rings is 3. The number of nitrogens with zero attached hydrogens (tertiary/aromatic N) is 3. The molecule has 1 aromatic heterocycles. The predicted octanol–water partition coefficient (Wildman–Crippen LogP) is 5.51. The molecule has 1 fully saturated rings. The van der Waals surface area contributed by atoms with Crippen LogP contribution in [0.2, 0.25) is 0 Å². The molecule has 33 heavy (non-hydrogen) atoms. The first-order valence-corrected chi connectivity index (χ1v) is 12.8. The fourth-order valence-corrected chi connectivity index (χ4v) is 5.52. The molecular weight excluding hydrogens is 546 g/mol. The number of anilines is 1. The summed E-state index contributed by atoms with van der Waals surface area (Å²) in [4.78, 5) is 4.76. The fraction of sp³-hybridized carbons (Fsp3) is 0.308. The number of aromatic nitrogens is 1. The minimum atomic E-state index is -0.441. The number of hydrogen-bond acceptors (Lipinski definition) is 4. The summed E-state index contributed by atoms with van der Waals surface area (Å²) < 4.78 is 9.64. The number of fused-ring (bicyclic) bond motifs is 3. The Balaban J connectivity index is 1.27. The van der Waals surface area contributed by atoms with Crippen molar-refractivity contribution in [3.8, 4) is 5.75 Å². The van der Waals surface area contributed by atoms with Gasteiger partial charge in [-0.1, -0.05) is 31.9 Å². The van der Waals surface area contributed by atoms with E-state index in [0.29, 0.717) is 13.1 Å². The number of β-amino-alcohol motifs (C(OH)–C–C–N with tert-alkyl or cyclic N) is 1. The van der Waals surface area contributed by atoms with E-state index in [-0.39, 0.29) is 0 Å². The third-order valence-corrected chi connectivity index (χ3v) is 7.45. The number of piperazine rings is 1. The first kappa shape index (κ1) is 22.7. The van der Waals surface area contributed by atoms with Gasteiger partial charge in [0, 0.05) is 69.2 Å². The van der Waals surface area contributed by atoms with Gasteiger partial charge in [0.25, 0.3) is 0 Å². The van der Waals surface area contributed by atoms with Crippen molar-refractivity contribution < 1.29 is 9.84 Å². The van der Waals surface area contributed by atoms with Gasteiger partial charge in [0.05, 0.1) is 19.8 Å². The minimum Gasteiger partial charge on any atom is -0.497 e. The summed E-state index contributed by atoms with van der Waals surface area (Å²) in [5.74, 6) is 0.880. The van der Waals surface area contributed by atoms with E-state index >= 15 is 0 Å². The van der Waals surface area contributed by atoms with Crippen molar-refractivity contribution in [2.75, 3.05) is 44.7 Å². The standard InChI is InChI=1S/C26H27Br2N3O2/c1-33-22-6-4-20(5-7-22)30-12-10-29(11-13-30)16-21(32)17-31-25-8-2-18(27)14-23(25)24-15-19(28)3-9-26(24)31/h2-9,14-15,21,32H,10-13,16-17H2,1H3/t21-/m0/s1. The van der Waals surface area contributed by atoms with E-state index < -0.39 is 6.10 Å². The molecule has 1 N–H and O–H groups in total. The quantitative estimate of drug-likeness (QED) is 0.331. The zero-order valence-corrected chi connectivity index (χ0v) is 21.7. The molecule has 0 radical (unpaired) electrons. The first-order chi connectivity index (χ1) is 16.0. The number of hydrogen-bond donors (Lipinski definition) is 1. The molecular formula is C26H27Br2N3O2. The molecule has 0 saturated carbocycles. The van der Waals surface area contributed by atoms with Crippen molar-refractivity contribution in [2.45, 2.75) is 12.6 Å². The van der Waals surface area contributed by atoms with Crippen LogP contribution in [0.1, 0.15) is 0 Å². The maximum absolute atomic E-state index is 11.0. The molecule has 1 saturated heterocycles. The van der Waals surface area contributed by atoms with E-state index in [1.54, 1.807) is 7.11 Å². The highest BCUT2D eigenvalue weighted by Gasteiger charge is 2.21. The fourth-order valence-electron chi connectivity index (χ4n) is 4.79. The lowest BCUT2D eigenvalue weighted by Gasteiger charge is -2.37. The van der Waals surface area contributed by atoms with Crippen molar-refractivity contribution in [1.82, 2.24) is 9.47 Å². The molecule has 3 aromatic carbocycles. The van der Waals surface area contributed by atoms with Crippen LogP contribution in [0.3, 0.4) is 0 Å². The van der Waals surface area contributed by atoms with Crippen molar-refractivity contribution in [3.63, 3.8) is 0 Å². The number of halogens is 2. The molecule has 4 aromatic rings. The zero-order valence-electron chi connectivity index (χ0n) is 18.5. The van der Waals surface area contributed by atoms with E-state index in [2.05, 4.69) is 94.8 Å². The highest BCUT2D eigenvalue weighted by molar-refractivity contribution is 9.10. The highest BCUT2D eigenvalue weighted by Crippen LogP contribution is 2.33. The summed E-state index contributed by atoms with van der Waals surface area (Å²) >= 11 is 7.21. The first-order valence-electron chi connectivity index (χ1n) is 11.2. The highest BCUT2D eigenvalue weighted by atomic mass is 79.9. The van der Waals surface area contributed by atoms with E-state index in [1.165, 1.54) is 16.5 Å². The Morgan fingerprint density at radius 2 is 1.39 bits per heavy atom. The second-order valence-electron chi connectivity index (χ2n) is 8.57. The summed E-state index contributed by atoms with van der Waals surface area (Å²) in [5, 5.41) is 13.4. The topological polar surface area (TPSA) is 40.9 Å². The number of ether oxygens (including phenoxy) is 1. The lowest BCUT2D eigenvalue weighted by atomic mass is 10.2. The maximum atomic E-state index is 11.0. The van der Waals surface area contributed by atoms with Crippen LogP contribution < -0.4 is 9.64 Å². The second kappa shape index (κ2) is 9.66. The Morgan fingerprint density at radius 1 is 0.818 bits per heavy atom. The SMILES string of the molecule is COc1ccc(N2CCN(C[C@H](O)Cn3c4ccc(Br)cc4c4cc(Br)ccc43)CC2)cc1.